The molecule has 1 N–H and O–H groups in total. The van der Waals surface area contributed by atoms with Crippen LogP contribution in [0.3, 0.4) is 0 Å². The zero-order valence-electron chi connectivity index (χ0n) is 12.3. The molecular weight excluding hydrogens is 352 g/mol. The van der Waals surface area contributed by atoms with E-state index in [0.717, 1.165) is 17.3 Å². The fraction of sp³-hybridized carbons (Fsp3) is 0.0588. The minimum atomic E-state index is -0.685. The van der Waals surface area contributed by atoms with Gasteiger partial charge in [-0.3, -0.25) is 4.79 Å². The highest BCUT2D eigenvalue weighted by molar-refractivity contribution is 6.36. The minimum Gasteiger partial charge on any atom is -0.348 e. The summed E-state index contributed by atoms with van der Waals surface area (Å²) >= 11 is 11.6. The average Bonchev–Trinajstić information content (AvgIpc) is 3.11. The molecular formula is C17H12Cl2FN3O. The molecule has 0 radical (unpaired) electrons. The van der Waals surface area contributed by atoms with Crippen LogP contribution in [0.2, 0.25) is 10.0 Å². The molecule has 1 heterocycles. The second-order valence-corrected chi connectivity index (χ2v) is 5.86. The fourth-order valence-electron chi connectivity index (χ4n) is 2.16. The Balaban J connectivity index is 1.67. The number of carbonyl (C=O) groups excluding carboxylic acids is 1. The van der Waals surface area contributed by atoms with Gasteiger partial charge in [-0.15, -0.1) is 0 Å². The van der Waals surface area contributed by atoms with Crippen LogP contribution in [0, 0.1) is 5.82 Å². The summed E-state index contributed by atoms with van der Waals surface area (Å²) in [5.74, 6) is -1.15. The van der Waals surface area contributed by atoms with E-state index in [2.05, 4.69) is 10.4 Å². The number of rotatable bonds is 4. The molecule has 0 aliphatic carbocycles. The molecule has 3 rings (SSSR count). The lowest BCUT2D eigenvalue weighted by molar-refractivity contribution is 0.0950. The number of halogens is 3. The van der Waals surface area contributed by atoms with Gasteiger partial charge in [0.25, 0.3) is 5.91 Å². The van der Waals surface area contributed by atoms with Crippen molar-refractivity contribution in [1.82, 2.24) is 15.1 Å². The Hall–Kier alpha value is -2.37. The molecule has 1 aromatic heterocycles. The topological polar surface area (TPSA) is 46.9 Å². The van der Waals surface area contributed by atoms with E-state index in [1.807, 2.05) is 36.5 Å². The molecule has 24 heavy (non-hydrogen) atoms. The lowest BCUT2D eigenvalue weighted by atomic mass is 10.1. The normalized spacial score (nSPS) is 10.6. The maximum atomic E-state index is 13.5. The van der Waals surface area contributed by atoms with Crippen molar-refractivity contribution in [2.45, 2.75) is 6.54 Å². The zero-order chi connectivity index (χ0) is 17.1. The molecule has 7 heteroatoms. The monoisotopic (exact) mass is 363 g/mol. The largest absolute Gasteiger partial charge is 0.348 e. The van der Waals surface area contributed by atoms with Gasteiger partial charge in [-0.1, -0.05) is 35.3 Å². The number of benzene rings is 2. The van der Waals surface area contributed by atoms with Crippen LogP contribution >= 0.6 is 23.2 Å². The highest BCUT2D eigenvalue weighted by atomic mass is 35.5. The number of nitrogens with zero attached hydrogens (tertiary/aromatic N) is 2. The molecule has 4 nitrogen and oxygen atoms in total. The predicted molar refractivity (Wildman–Crippen MR) is 91.2 cm³/mol. The summed E-state index contributed by atoms with van der Waals surface area (Å²) in [4.78, 5) is 12.1. The van der Waals surface area contributed by atoms with Crippen LogP contribution in [0.15, 0.2) is 54.9 Å². The second kappa shape index (κ2) is 7.03. The Kier molecular flexibility index (Phi) is 4.83. The molecule has 2 aromatic carbocycles. The van der Waals surface area contributed by atoms with Crippen molar-refractivity contribution in [3.63, 3.8) is 0 Å². The third-order valence-corrected chi connectivity index (χ3v) is 4.02. The Morgan fingerprint density at radius 3 is 2.58 bits per heavy atom. The van der Waals surface area contributed by atoms with Crippen LogP contribution in [0.5, 0.6) is 0 Å². The number of nitrogens with one attached hydrogen (secondary N) is 1. The summed E-state index contributed by atoms with van der Waals surface area (Å²) in [6.45, 7) is 0.290. The molecule has 0 bridgehead atoms. The van der Waals surface area contributed by atoms with Crippen LogP contribution in [-0.4, -0.2) is 15.7 Å². The minimum absolute atomic E-state index is 0.0479. The van der Waals surface area contributed by atoms with E-state index in [-0.39, 0.29) is 15.6 Å². The van der Waals surface area contributed by atoms with Crippen LogP contribution in [0.4, 0.5) is 4.39 Å². The lowest BCUT2D eigenvalue weighted by Gasteiger charge is -2.08. The SMILES string of the molecule is O=C(NCc1ccc(-n2cccn2)cc1)c1cc(F)c(Cl)cc1Cl. The Morgan fingerprint density at radius 1 is 1.17 bits per heavy atom. The quantitative estimate of drug-likeness (QED) is 0.704. The molecule has 0 aliphatic rings. The third-order valence-electron chi connectivity index (χ3n) is 3.41. The van der Waals surface area contributed by atoms with Gasteiger partial charge in [-0.05, 0) is 35.9 Å². The number of hydrogen-bond acceptors (Lipinski definition) is 2. The van der Waals surface area contributed by atoms with Crippen molar-refractivity contribution in [2.24, 2.45) is 0 Å². The summed E-state index contributed by atoms with van der Waals surface area (Å²) in [5.41, 5.74) is 1.86. The van der Waals surface area contributed by atoms with Crippen molar-refractivity contribution < 1.29 is 9.18 Å². The Morgan fingerprint density at radius 2 is 1.92 bits per heavy atom. The van der Waals surface area contributed by atoms with Crippen molar-refractivity contribution >= 4 is 29.1 Å². The van der Waals surface area contributed by atoms with Crippen LogP contribution in [0.25, 0.3) is 5.69 Å². The molecule has 0 unspecified atom stereocenters. The first-order valence-corrected chi connectivity index (χ1v) is 7.82. The fourth-order valence-corrected chi connectivity index (χ4v) is 2.63. The van der Waals surface area contributed by atoms with Gasteiger partial charge in [-0.2, -0.15) is 5.10 Å². The second-order valence-electron chi connectivity index (χ2n) is 5.05. The van der Waals surface area contributed by atoms with Gasteiger partial charge in [0, 0.05) is 18.9 Å². The summed E-state index contributed by atoms with van der Waals surface area (Å²) in [5, 5.41) is 6.83. The van der Waals surface area contributed by atoms with E-state index in [0.29, 0.717) is 6.54 Å². The molecule has 0 saturated heterocycles. The van der Waals surface area contributed by atoms with Gasteiger partial charge in [0.15, 0.2) is 0 Å². The first-order chi connectivity index (χ1) is 11.5. The number of carbonyl (C=O) groups is 1. The maximum absolute atomic E-state index is 13.5. The number of amides is 1. The van der Waals surface area contributed by atoms with Gasteiger partial charge < -0.3 is 5.32 Å². The highest BCUT2D eigenvalue weighted by Crippen LogP contribution is 2.24. The summed E-state index contributed by atoms with van der Waals surface area (Å²) in [6.07, 6.45) is 3.54. The molecule has 3 aromatic rings. The van der Waals surface area contributed by atoms with E-state index in [4.69, 9.17) is 23.2 Å². The van der Waals surface area contributed by atoms with Crippen LogP contribution < -0.4 is 5.32 Å². The molecule has 0 saturated carbocycles. The maximum Gasteiger partial charge on any atom is 0.253 e. The molecule has 0 fully saturated rings. The Labute approximate surface area is 147 Å². The molecule has 0 atom stereocenters. The first kappa shape index (κ1) is 16.5. The first-order valence-electron chi connectivity index (χ1n) is 7.06. The standard InChI is InChI=1S/C17H12Cl2FN3O/c18-14-9-15(19)16(20)8-13(14)17(24)21-10-11-2-4-12(5-3-11)23-7-1-6-22-23/h1-9H,10H2,(H,21,24). The number of aromatic nitrogens is 2. The van der Waals surface area contributed by atoms with E-state index in [9.17, 15) is 9.18 Å². The van der Waals surface area contributed by atoms with Crippen LogP contribution in [0.1, 0.15) is 15.9 Å². The van der Waals surface area contributed by atoms with Crippen LogP contribution in [-0.2, 0) is 6.54 Å². The zero-order valence-corrected chi connectivity index (χ0v) is 13.9. The smallest absolute Gasteiger partial charge is 0.253 e. The van der Waals surface area contributed by atoms with Gasteiger partial charge in [0.1, 0.15) is 5.82 Å². The van der Waals surface area contributed by atoms with E-state index < -0.39 is 11.7 Å². The van der Waals surface area contributed by atoms with E-state index in [1.165, 1.54) is 6.07 Å². The van der Waals surface area contributed by atoms with E-state index in [1.54, 1.807) is 10.9 Å². The highest BCUT2D eigenvalue weighted by Gasteiger charge is 2.14. The molecule has 0 aliphatic heterocycles. The van der Waals surface area contributed by atoms with Gasteiger partial charge >= 0.3 is 0 Å². The predicted octanol–water partition coefficient (Wildman–Crippen LogP) is 4.25. The van der Waals surface area contributed by atoms with Gasteiger partial charge in [-0.25, -0.2) is 9.07 Å². The van der Waals surface area contributed by atoms with Gasteiger partial charge in [0.05, 0.1) is 21.3 Å². The van der Waals surface area contributed by atoms with Crippen molar-refractivity contribution in [3.05, 3.63) is 81.8 Å². The van der Waals surface area contributed by atoms with E-state index >= 15 is 0 Å². The summed E-state index contributed by atoms with van der Waals surface area (Å²) in [6, 6.07) is 11.6. The molecule has 0 spiro atoms. The molecule has 1 amide bonds. The van der Waals surface area contributed by atoms with Gasteiger partial charge in [0.2, 0.25) is 0 Å². The average molecular weight is 364 g/mol. The summed E-state index contributed by atoms with van der Waals surface area (Å²) in [7, 11) is 0. The molecule has 122 valence electrons. The van der Waals surface area contributed by atoms with Crippen molar-refractivity contribution in [2.75, 3.05) is 0 Å². The lowest BCUT2D eigenvalue weighted by Crippen LogP contribution is -2.23. The summed E-state index contributed by atoms with van der Waals surface area (Å²) < 4.78 is 15.2. The van der Waals surface area contributed by atoms with Crippen molar-refractivity contribution in [1.29, 1.82) is 0 Å². The van der Waals surface area contributed by atoms with Crippen molar-refractivity contribution in [3.8, 4) is 5.69 Å². The third kappa shape index (κ3) is 3.58. The Bertz CT molecular complexity index is 864. The number of hydrogen-bond donors (Lipinski definition) is 1.